The summed E-state index contributed by atoms with van der Waals surface area (Å²) in [6.07, 6.45) is -0.142. The van der Waals surface area contributed by atoms with Crippen LogP contribution >= 0.6 is 0 Å². The molecule has 1 aromatic carbocycles. The Hall–Kier alpha value is -1.76. The summed E-state index contributed by atoms with van der Waals surface area (Å²) in [5, 5.41) is 0. The minimum Gasteiger partial charge on any atom is -0.492 e. The minimum absolute atomic E-state index is 0.0208. The Labute approximate surface area is 112 Å². The predicted octanol–water partition coefficient (Wildman–Crippen LogP) is 0.625. The third-order valence-electron chi connectivity index (χ3n) is 2.37. The van der Waals surface area contributed by atoms with Gasteiger partial charge >= 0.3 is 5.97 Å². The normalized spacial score (nSPS) is 11.0. The number of ether oxygens (including phenoxy) is 2. The molecule has 0 bridgehead atoms. The Morgan fingerprint density at radius 2 is 2.05 bits per heavy atom. The van der Waals surface area contributed by atoms with Gasteiger partial charge in [0.1, 0.15) is 12.4 Å². The smallest absolute Gasteiger partial charge is 0.306 e. The van der Waals surface area contributed by atoms with Crippen molar-refractivity contribution < 1.29 is 22.7 Å². The zero-order chi connectivity index (χ0) is 14.3. The van der Waals surface area contributed by atoms with Crippen LogP contribution in [0.15, 0.2) is 24.3 Å². The molecule has 0 amide bonds. The maximum atomic E-state index is 11.6. The van der Waals surface area contributed by atoms with Crippen molar-refractivity contribution in [3.05, 3.63) is 24.3 Å². The first-order valence-corrected chi connectivity index (χ1v) is 7.50. The topological polar surface area (TPSA) is 95.7 Å². The van der Waals surface area contributed by atoms with Crippen LogP contribution in [0, 0.1) is 0 Å². The molecule has 7 heteroatoms. The van der Waals surface area contributed by atoms with Crippen LogP contribution in [-0.4, -0.2) is 39.6 Å². The number of hydrogen-bond acceptors (Lipinski definition) is 6. The van der Waals surface area contributed by atoms with E-state index in [1.807, 2.05) is 0 Å². The summed E-state index contributed by atoms with van der Waals surface area (Å²) in [7, 11) is -2.10. The molecule has 0 aliphatic carbocycles. The molecule has 0 radical (unpaired) electrons. The Morgan fingerprint density at radius 1 is 1.32 bits per heavy atom. The van der Waals surface area contributed by atoms with E-state index >= 15 is 0 Å². The van der Waals surface area contributed by atoms with E-state index in [4.69, 9.17) is 10.5 Å². The third-order valence-corrected chi connectivity index (χ3v) is 3.98. The van der Waals surface area contributed by atoms with Gasteiger partial charge in [0.05, 0.1) is 25.0 Å². The molecule has 2 N–H and O–H groups in total. The molecule has 0 spiro atoms. The highest BCUT2D eigenvalue weighted by atomic mass is 32.2. The molecule has 1 aromatic rings. The van der Waals surface area contributed by atoms with Crippen LogP contribution in [0.25, 0.3) is 0 Å². The van der Waals surface area contributed by atoms with E-state index in [0.29, 0.717) is 11.4 Å². The summed E-state index contributed by atoms with van der Waals surface area (Å²) >= 11 is 0. The number of esters is 1. The number of anilines is 1. The fraction of sp³-hybridized carbons (Fsp3) is 0.417. The number of rotatable bonds is 7. The van der Waals surface area contributed by atoms with E-state index in [1.54, 1.807) is 24.3 Å². The Morgan fingerprint density at radius 3 is 2.68 bits per heavy atom. The molecule has 0 fully saturated rings. The van der Waals surface area contributed by atoms with E-state index in [-0.39, 0.29) is 24.5 Å². The third kappa shape index (κ3) is 6.10. The zero-order valence-electron chi connectivity index (χ0n) is 10.7. The number of nitrogens with two attached hydrogens (primary N) is 1. The monoisotopic (exact) mass is 287 g/mol. The van der Waals surface area contributed by atoms with Gasteiger partial charge in [0.15, 0.2) is 9.84 Å². The molecular weight excluding hydrogens is 270 g/mol. The van der Waals surface area contributed by atoms with Crippen molar-refractivity contribution in [1.82, 2.24) is 0 Å². The van der Waals surface area contributed by atoms with Crippen LogP contribution in [0.2, 0.25) is 0 Å². The van der Waals surface area contributed by atoms with Crippen molar-refractivity contribution in [1.29, 1.82) is 0 Å². The Bertz CT molecular complexity index is 527. The van der Waals surface area contributed by atoms with E-state index in [1.165, 1.54) is 7.11 Å². The summed E-state index contributed by atoms with van der Waals surface area (Å²) in [6.45, 7) is 0.0208. The molecule has 0 aromatic heterocycles. The summed E-state index contributed by atoms with van der Waals surface area (Å²) < 4.78 is 32.9. The van der Waals surface area contributed by atoms with Crippen LogP contribution in [0.3, 0.4) is 0 Å². The lowest BCUT2D eigenvalue weighted by Gasteiger charge is -2.07. The van der Waals surface area contributed by atoms with Crippen LogP contribution in [0.4, 0.5) is 5.69 Å². The summed E-state index contributed by atoms with van der Waals surface area (Å²) in [5.41, 5.74) is 6.11. The quantitative estimate of drug-likeness (QED) is 0.583. The second-order valence-electron chi connectivity index (χ2n) is 3.90. The average molecular weight is 287 g/mol. The summed E-state index contributed by atoms with van der Waals surface area (Å²) in [6, 6.07) is 6.73. The SMILES string of the molecule is COC(=O)CCS(=O)(=O)CCOc1cccc(N)c1. The zero-order valence-corrected chi connectivity index (χ0v) is 11.5. The first kappa shape index (κ1) is 15.3. The molecule has 0 aliphatic heterocycles. The van der Waals surface area contributed by atoms with Crippen molar-refractivity contribution in [3.8, 4) is 5.75 Å². The van der Waals surface area contributed by atoms with Gasteiger partial charge in [0, 0.05) is 11.8 Å². The molecule has 0 unspecified atom stereocenters. The lowest BCUT2D eigenvalue weighted by molar-refractivity contribution is -0.140. The van der Waals surface area contributed by atoms with Gasteiger partial charge in [0.25, 0.3) is 0 Å². The van der Waals surface area contributed by atoms with E-state index in [9.17, 15) is 13.2 Å². The minimum atomic E-state index is -3.32. The standard InChI is InChI=1S/C12H17NO5S/c1-17-12(14)5-7-19(15,16)8-6-18-11-4-2-3-10(13)9-11/h2-4,9H,5-8,13H2,1H3. The molecule has 0 saturated heterocycles. The average Bonchev–Trinajstić information content (AvgIpc) is 2.36. The number of nitrogen functional groups attached to an aromatic ring is 1. The number of methoxy groups -OCH3 is 1. The predicted molar refractivity (Wildman–Crippen MR) is 71.6 cm³/mol. The maximum absolute atomic E-state index is 11.6. The van der Waals surface area contributed by atoms with Crippen molar-refractivity contribution in [3.63, 3.8) is 0 Å². The van der Waals surface area contributed by atoms with Crippen LogP contribution < -0.4 is 10.5 Å². The van der Waals surface area contributed by atoms with Gasteiger partial charge in [-0.25, -0.2) is 8.42 Å². The number of sulfone groups is 1. The first-order chi connectivity index (χ1) is 8.93. The summed E-state index contributed by atoms with van der Waals surface area (Å²) in [4.78, 5) is 10.9. The van der Waals surface area contributed by atoms with E-state index < -0.39 is 15.8 Å². The number of hydrogen-bond donors (Lipinski definition) is 1. The van der Waals surface area contributed by atoms with Gasteiger partial charge in [0.2, 0.25) is 0 Å². The molecule has 0 saturated carbocycles. The van der Waals surface area contributed by atoms with E-state index in [0.717, 1.165) is 0 Å². The van der Waals surface area contributed by atoms with Gasteiger partial charge in [-0.1, -0.05) is 6.07 Å². The van der Waals surface area contributed by atoms with E-state index in [2.05, 4.69) is 4.74 Å². The van der Waals surface area contributed by atoms with Crippen LogP contribution in [-0.2, 0) is 19.4 Å². The highest BCUT2D eigenvalue weighted by Crippen LogP contribution is 2.14. The Kier molecular flexibility index (Phi) is 5.62. The maximum Gasteiger partial charge on any atom is 0.306 e. The molecule has 0 atom stereocenters. The highest BCUT2D eigenvalue weighted by molar-refractivity contribution is 7.91. The fourth-order valence-electron chi connectivity index (χ4n) is 1.33. The lowest BCUT2D eigenvalue weighted by Crippen LogP contribution is -2.19. The largest absolute Gasteiger partial charge is 0.492 e. The Balaban J connectivity index is 2.37. The molecule has 106 valence electrons. The molecule has 1 rings (SSSR count). The second-order valence-corrected chi connectivity index (χ2v) is 6.20. The van der Waals surface area contributed by atoms with Gasteiger partial charge in [-0.15, -0.1) is 0 Å². The van der Waals surface area contributed by atoms with Crippen molar-refractivity contribution in [2.75, 3.05) is 31.0 Å². The lowest BCUT2D eigenvalue weighted by atomic mass is 10.3. The van der Waals surface area contributed by atoms with Gasteiger partial charge < -0.3 is 15.2 Å². The molecule has 0 heterocycles. The fourth-order valence-corrected chi connectivity index (χ4v) is 2.35. The van der Waals surface area contributed by atoms with Gasteiger partial charge in [-0.3, -0.25) is 4.79 Å². The molecule has 19 heavy (non-hydrogen) atoms. The first-order valence-electron chi connectivity index (χ1n) is 5.68. The highest BCUT2D eigenvalue weighted by Gasteiger charge is 2.14. The number of carbonyl (C=O) groups is 1. The number of carbonyl (C=O) groups excluding carboxylic acids is 1. The van der Waals surface area contributed by atoms with Crippen molar-refractivity contribution in [2.45, 2.75) is 6.42 Å². The van der Waals surface area contributed by atoms with Gasteiger partial charge in [-0.05, 0) is 12.1 Å². The van der Waals surface area contributed by atoms with Crippen molar-refractivity contribution >= 4 is 21.5 Å². The second kappa shape index (κ2) is 6.98. The molecule has 0 aliphatic rings. The van der Waals surface area contributed by atoms with Crippen molar-refractivity contribution in [2.24, 2.45) is 0 Å². The molecule has 6 nitrogen and oxygen atoms in total. The van der Waals surface area contributed by atoms with Crippen LogP contribution in [0.5, 0.6) is 5.75 Å². The van der Waals surface area contributed by atoms with Gasteiger partial charge in [-0.2, -0.15) is 0 Å². The molecular formula is C12H17NO5S. The van der Waals surface area contributed by atoms with Crippen LogP contribution in [0.1, 0.15) is 6.42 Å². The number of benzene rings is 1. The summed E-state index contributed by atoms with van der Waals surface area (Å²) in [5.74, 6) is -0.415.